The normalized spacial score (nSPS) is 10.9. The largest absolute Gasteiger partial charge is 0.475 e. The van der Waals surface area contributed by atoms with Crippen molar-refractivity contribution in [3.8, 4) is 16.9 Å². The van der Waals surface area contributed by atoms with Crippen molar-refractivity contribution in [2.45, 2.75) is 6.92 Å². The van der Waals surface area contributed by atoms with Gasteiger partial charge in [-0.25, -0.2) is 14.5 Å². The number of benzene rings is 2. The summed E-state index contributed by atoms with van der Waals surface area (Å²) in [5, 5.41) is 17.2. The maximum absolute atomic E-state index is 12.9. The first-order valence-corrected chi connectivity index (χ1v) is 10.2. The van der Waals surface area contributed by atoms with Gasteiger partial charge in [0.05, 0.1) is 22.6 Å². The van der Waals surface area contributed by atoms with Crippen LogP contribution >= 0.6 is 34.8 Å². The number of aromatic nitrogens is 3. The molecule has 2 aromatic heterocycles. The zero-order valence-electron chi connectivity index (χ0n) is 16.3. The van der Waals surface area contributed by atoms with Crippen LogP contribution in [0.15, 0.2) is 53.1 Å². The molecule has 0 aliphatic carbocycles. The van der Waals surface area contributed by atoms with E-state index in [9.17, 15) is 9.59 Å². The SMILES string of the molecule is Cc1c(C(=O)Nc2ncc(C(=O)O)o2)nn(-c2ccc(Cl)cc2Cl)c1-c1ccc(Cl)cc1. The van der Waals surface area contributed by atoms with Crippen LogP contribution < -0.4 is 5.32 Å². The average molecular weight is 492 g/mol. The van der Waals surface area contributed by atoms with Gasteiger partial charge in [-0.2, -0.15) is 5.10 Å². The van der Waals surface area contributed by atoms with Gasteiger partial charge in [-0.1, -0.05) is 46.9 Å². The van der Waals surface area contributed by atoms with E-state index in [0.29, 0.717) is 32.0 Å². The van der Waals surface area contributed by atoms with E-state index in [2.05, 4.69) is 15.4 Å². The van der Waals surface area contributed by atoms with Crippen LogP contribution in [0.2, 0.25) is 15.1 Å². The van der Waals surface area contributed by atoms with Gasteiger partial charge in [-0.15, -0.1) is 0 Å². The summed E-state index contributed by atoms with van der Waals surface area (Å²) in [5.41, 5.74) is 2.47. The van der Waals surface area contributed by atoms with Crippen molar-refractivity contribution >= 4 is 52.7 Å². The second-order valence-electron chi connectivity index (χ2n) is 6.63. The second-order valence-corrected chi connectivity index (χ2v) is 7.91. The van der Waals surface area contributed by atoms with Crippen LogP contribution in [0.1, 0.15) is 26.6 Å². The van der Waals surface area contributed by atoms with E-state index in [-0.39, 0.29) is 11.7 Å². The molecular formula is C21H13Cl3N4O4. The molecule has 8 nitrogen and oxygen atoms in total. The van der Waals surface area contributed by atoms with Gasteiger partial charge in [0, 0.05) is 21.2 Å². The molecule has 1 amide bonds. The standard InChI is InChI=1S/C21H13Cl3N4O4/c1-10-17(19(29)26-21-25-9-16(32-21)20(30)31)27-28(15-7-6-13(23)8-14(15)24)18(10)11-2-4-12(22)5-3-11/h2-9H,1H3,(H,30,31)(H,25,26,29). The van der Waals surface area contributed by atoms with Crippen LogP contribution in [0.4, 0.5) is 6.01 Å². The second kappa shape index (κ2) is 8.66. The minimum absolute atomic E-state index is 0.0658. The molecule has 0 bridgehead atoms. The van der Waals surface area contributed by atoms with E-state index >= 15 is 0 Å². The molecule has 4 rings (SSSR count). The van der Waals surface area contributed by atoms with Crippen molar-refractivity contribution in [1.82, 2.24) is 14.8 Å². The number of hydrogen-bond donors (Lipinski definition) is 2. The first-order chi connectivity index (χ1) is 15.2. The van der Waals surface area contributed by atoms with Crippen molar-refractivity contribution < 1.29 is 19.1 Å². The lowest BCUT2D eigenvalue weighted by Gasteiger charge is -2.11. The van der Waals surface area contributed by atoms with Crippen molar-refractivity contribution in [2.24, 2.45) is 0 Å². The fraction of sp³-hybridized carbons (Fsp3) is 0.0476. The average Bonchev–Trinajstić information content (AvgIpc) is 3.34. The van der Waals surface area contributed by atoms with Gasteiger partial charge in [0.1, 0.15) is 0 Å². The third kappa shape index (κ3) is 4.20. The molecule has 0 saturated heterocycles. The number of rotatable bonds is 5. The Hall–Kier alpha value is -3.33. The van der Waals surface area contributed by atoms with Gasteiger partial charge < -0.3 is 9.52 Å². The number of carboxylic acid groups (broad SMARTS) is 1. The number of hydrogen-bond acceptors (Lipinski definition) is 5. The molecule has 0 atom stereocenters. The minimum atomic E-state index is -1.30. The number of amides is 1. The zero-order chi connectivity index (χ0) is 23.0. The number of anilines is 1. The Balaban J connectivity index is 1.82. The monoisotopic (exact) mass is 490 g/mol. The van der Waals surface area contributed by atoms with Crippen LogP contribution in [0.25, 0.3) is 16.9 Å². The predicted octanol–water partition coefficient (Wildman–Crippen LogP) is 5.75. The highest BCUT2D eigenvalue weighted by Gasteiger charge is 2.24. The lowest BCUT2D eigenvalue weighted by molar-refractivity contribution is 0.0662. The lowest BCUT2D eigenvalue weighted by atomic mass is 10.1. The van der Waals surface area contributed by atoms with E-state index in [0.717, 1.165) is 11.8 Å². The third-order valence-corrected chi connectivity index (χ3v) is 5.32. The van der Waals surface area contributed by atoms with Gasteiger partial charge in [-0.05, 0) is 37.3 Å². The van der Waals surface area contributed by atoms with Crippen LogP contribution in [0.5, 0.6) is 0 Å². The Bertz CT molecular complexity index is 1350. The molecule has 11 heteroatoms. The zero-order valence-corrected chi connectivity index (χ0v) is 18.5. The van der Waals surface area contributed by atoms with Gasteiger partial charge >= 0.3 is 12.0 Å². The smallest absolute Gasteiger partial charge is 0.373 e. The summed E-state index contributed by atoms with van der Waals surface area (Å²) >= 11 is 18.5. The molecule has 0 fully saturated rings. The molecule has 4 aromatic rings. The van der Waals surface area contributed by atoms with Crippen LogP contribution in [0.3, 0.4) is 0 Å². The maximum Gasteiger partial charge on any atom is 0.373 e. The Kier molecular flexibility index (Phi) is 5.92. The van der Waals surface area contributed by atoms with E-state index in [1.807, 2.05) is 0 Å². The van der Waals surface area contributed by atoms with E-state index in [1.165, 1.54) is 4.68 Å². The first-order valence-electron chi connectivity index (χ1n) is 9.06. The molecule has 0 aliphatic rings. The van der Waals surface area contributed by atoms with Gasteiger partial charge in [-0.3, -0.25) is 10.1 Å². The first kappa shape index (κ1) is 21.9. The summed E-state index contributed by atoms with van der Waals surface area (Å²) in [4.78, 5) is 27.6. The number of carbonyl (C=O) groups is 2. The van der Waals surface area contributed by atoms with Crippen LogP contribution in [-0.4, -0.2) is 31.7 Å². The lowest BCUT2D eigenvalue weighted by Crippen LogP contribution is -2.14. The highest BCUT2D eigenvalue weighted by atomic mass is 35.5. The molecule has 0 radical (unpaired) electrons. The van der Waals surface area contributed by atoms with Gasteiger partial charge in [0.2, 0.25) is 5.76 Å². The Morgan fingerprint density at radius 1 is 1.06 bits per heavy atom. The van der Waals surface area contributed by atoms with Crippen molar-refractivity contribution in [3.05, 3.63) is 80.7 Å². The topological polar surface area (TPSA) is 110 Å². The molecule has 0 unspecified atom stereocenters. The number of nitrogens with one attached hydrogen (secondary N) is 1. The van der Waals surface area contributed by atoms with Gasteiger partial charge in [0.15, 0.2) is 5.69 Å². The Morgan fingerprint density at radius 2 is 1.75 bits per heavy atom. The molecule has 2 N–H and O–H groups in total. The summed E-state index contributed by atoms with van der Waals surface area (Å²) < 4.78 is 6.53. The van der Waals surface area contributed by atoms with E-state index < -0.39 is 17.6 Å². The summed E-state index contributed by atoms with van der Waals surface area (Å²) in [6.07, 6.45) is 0.996. The quantitative estimate of drug-likeness (QED) is 0.368. The minimum Gasteiger partial charge on any atom is -0.475 e. The summed E-state index contributed by atoms with van der Waals surface area (Å²) in [7, 11) is 0. The fourth-order valence-corrected chi connectivity index (χ4v) is 3.69. The molecule has 0 saturated carbocycles. The number of carbonyl (C=O) groups excluding carboxylic acids is 1. The highest BCUT2D eigenvalue weighted by Crippen LogP contribution is 2.33. The molecule has 2 heterocycles. The van der Waals surface area contributed by atoms with Crippen LogP contribution in [0, 0.1) is 6.92 Å². The Morgan fingerprint density at radius 3 is 2.38 bits per heavy atom. The number of carboxylic acids is 1. The number of halogens is 3. The molecule has 0 aliphatic heterocycles. The highest BCUT2D eigenvalue weighted by molar-refractivity contribution is 6.35. The van der Waals surface area contributed by atoms with E-state index in [1.54, 1.807) is 49.4 Å². The fourth-order valence-electron chi connectivity index (χ4n) is 3.07. The number of aromatic carboxylic acids is 1. The molecule has 2 aromatic carbocycles. The summed E-state index contributed by atoms with van der Waals surface area (Å²) in [5.74, 6) is -2.35. The molecular weight excluding hydrogens is 479 g/mol. The maximum atomic E-state index is 12.9. The van der Waals surface area contributed by atoms with E-state index in [4.69, 9.17) is 44.3 Å². The molecule has 0 spiro atoms. The Labute approximate surface area is 196 Å². The predicted molar refractivity (Wildman–Crippen MR) is 120 cm³/mol. The van der Waals surface area contributed by atoms with Gasteiger partial charge in [0.25, 0.3) is 5.91 Å². The molecule has 32 heavy (non-hydrogen) atoms. The van der Waals surface area contributed by atoms with Crippen molar-refractivity contribution in [1.29, 1.82) is 0 Å². The van der Waals surface area contributed by atoms with Crippen molar-refractivity contribution in [2.75, 3.05) is 5.32 Å². The van der Waals surface area contributed by atoms with Crippen LogP contribution in [-0.2, 0) is 0 Å². The molecule has 162 valence electrons. The van der Waals surface area contributed by atoms with Crippen molar-refractivity contribution in [3.63, 3.8) is 0 Å². The third-order valence-electron chi connectivity index (χ3n) is 4.53. The number of nitrogens with zero attached hydrogens (tertiary/aromatic N) is 3. The summed E-state index contributed by atoms with van der Waals surface area (Å²) in [6, 6.07) is 11.7. The number of oxazole rings is 1. The summed E-state index contributed by atoms with van der Waals surface area (Å²) in [6.45, 7) is 1.73.